The van der Waals surface area contributed by atoms with Crippen LogP contribution in [0.25, 0.3) is 0 Å². The molecule has 0 radical (unpaired) electrons. The molecule has 0 bridgehead atoms. The summed E-state index contributed by atoms with van der Waals surface area (Å²) in [7, 11) is 3.71. The summed E-state index contributed by atoms with van der Waals surface area (Å²) < 4.78 is 5.36. The van der Waals surface area contributed by atoms with E-state index in [0.717, 1.165) is 19.4 Å². The Labute approximate surface area is 133 Å². The highest BCUT2D eigenvalue weighted by atomic mass is 16.6. The maximum absolute atomic E-state index is 11.2. The number of nitrogens with zero attached hydrogens (tertiary/aromatic N) is 5. The molecule has 1 aromatic heterocycles. The van der Waals surface area contributed by atoms with Crippen molar-refractivity contribution >= 4 is 17.3 Å². The number of para-hydroxylation sites is 2. The molecule has 1 unspecified atom stereocenters. The number of nitro groups is 1. The molecular weight excluding hydrogens is 298 g/mol. The molecule has 122 valence electrons. The molecule has 2 aromatic rings. The summed E-state index contributed by atoms with van der Waals surface area (Å²) in [6, 6.07) is 6.84. The van der Waals surface area contributed by atoms with Gasteiger partial charge in [0.15, 0.2) is 0 Å². The number of hydrogen-bond acceptors (Lipinski definition) is 7. The van der Waals surface area contributed by atoms with Crippen LogP contribution in [-0.4, -0.2) is 42.2 Å². The lowest BCUT2D eigenvalue weighted by Gasteiger charge is -2.32. The van der Waals surface area contributed by atoms with Gasteiger partial charge in [-0.1, -0.05) is 12.1 Å². The number of benzene rings is 1. The lowest BCUT2D eigenvalue weighted by molar-refractivity contribution is -0.384. The predicted octanol–water partition coefficient (Wildman–Crippen LogP) is 2.43. The Morgan fingerprint density at radius 1 is 1.39 bits per heavy atom. The molecule has 1 fully saturated rings. The molecule has 8 nitrogen and oxygen atoms in total. The van der Waals surface area contributed by atoms with Crippen molar-refractivity contribution in [3.05, 3.63) is 40.3 Å². The summed E-state index contributed by atoms with van der Waals surface area (Å²) in [5.41, 5.74) is 0.780. The molecule has 1 saturated heterocycles. The maximum atomic E-state index is 11.2. The Bertz CT molecular complexity index is 700. The van der Waals surface area contributed by atoms with Crippen LogP contribution in [0, 0.1) is 10.1 Å². The van der Waals surface area contributed by atoms with Gasteiger partial charge in [-0.3, -0.25) is 10.1 Å². The molecule has 3 rings (SSSR count). The van der Waals surface area contributed by atoms with Crippen molar-refractivity contribution in [1.29, 1.82) is 0 Å². The van der Waals surface area contributed by atoms with Crippen molar-refractivity contribution in [3.63, 3.8) is 0 Å². The summed E-state index contributed by atoms with van der Waals surface area (Å²) >= 11 is 0. The zero-order valence-corrected chi connectivity index (χ0v) is 13.2. The third kappa shape index (κ3) is 3.10. The van der Waals surface area contributed by atoms with Crippen molar-refractivity contribution < 1.29 is 9.45 Å². The molecule has 2 heterocycles. The normalized spacial score (nSPS) is 18.0. The minimum absolute atomic E-state index is 0.0877. The van der Waals surface area contributed by atoms with E-state index >= 15 is 0 Å². The van der Waals surface area contributed by atoms with Gasteiger partial charge in [0.25, 0.3) is 11.6 Å². The highest BCUT2D eigenvalue weighted by Gasteiger charge is 2.29. The van der Waals surface area contributed by atoms with Crippen LogP contribution in [0.1, 0.15) is 24.7 Å². The minimum Gasteiger partial charge on any atom is -0.365 e. The van der Waals surface area contributed by atoms with E-state index in [9.17, 15) is 10.1 Å². The minimum atomic E-state index is -0.338. The van der Waals surface area contributed by atoms with Crippen molar-refractivity contribution in [2.75, 3.05) is 37.0 Å². The Balaban J connectivity index is 1.82. The van der Waals surface area contributed by atoms with E-state index in [1.807, 2.05) is 25.1 Å². The number of anilines is 2. The zero-order valence-electron chi connectivity index (χ0n) is 13.2. The quantitative estimate of drug-likeness (QED) is 0.632. The number of rotatable bonds is 4. The van der Waals surface area contributed by atoms with Gasteiger partial charge in [-0.25, -0.2) is 0 Å². The van der Waals surface area contributed by atoms with Crippen LogP contribution in [0.4, 0.5) is 17.3 Å². The Morgan fingerprint density at radius 3 is 2.87 bits per heavy atom. The summed E-state index contributed by atoms with van der Waals surface area (Å²) in [6.07, 6.45) is 1.86. The number of nitro benzene ring substituents is 1. The van der Waals surface area contributed by atoms with Crippen molar-refractivity contribution in [2.24, 2.45) is 0 Å². The second-order valence-electron chi connectivity index (χ2n) is 5.86. The Kier molecular flexibility index (Phi) is 4.14. The Morgan fingerprint density at radius 2 is 2.17 bits per heavy atom. The molecule has 23 heavy (non-hydrogen) atoms. The summed E-state index contributed by atoms with van der Waals surface area (Å²) in [6.45, 7) is 1.43. The average molecular weight is 317 g/mol. The lowest BCUT2D eigenvalue weighted by Crippen LogP contribution is -2.34. The molecule has 8 heteroatoms. The van der Waals surface area contributed by atoms with Crippen LogP contribution in [0.5, 0.6) is 0 Å². The Hall–Kier alpha value is -2.64. The van der Waals surface area contributed by atoms with Crippen LogP contribution in [0.2, 0.25) is 0 Å². The van der Waals surface area contributed by atoms with Crippen LogP contribution in [-0.2, 0) is 0 Å². The third-order valence-electron chi connectivity index (χ3n) is 4.02. The molecule has 0 saturated carbocycles. The number of aromatic nitrogens is 2. The first-order valence-electron chi connectivity index (χ1n) is 7.55. The molecule has 0 spiro atoms. The van der Waals surface area contributed by atoms with Crippen LogP contribution in [0.15, 0.2) is 28.8 Å². The second-order valence-corrected chi connectivity index (χ2v) is 5.86. The van der Waals surface area contributed by atoms with E-state index in [2.05, 4.69) is 10.1 Å². The predicted molar refractivity (Wildman–Crippen MR) is 85.9 cm³/mol. The molecule has 1 aromatic carbocycles. The van der Waals surface area contributed by atoms with E-state index in [0.29, 0.717) is 24.1 Å². The van der Waals surface area contributed by atoms with Crippen molar-refractivity contribution in [2.45, 2.75) is 18.8 Å². The zero-order chi connectivity index (χ0) is 16.4. The fourth-order valence-electron chi connectivity index (χ4n) is 2.86. The largest absolute Gasteiger partial charge is 0.365 e. The van der Waals surface area contributed by atoms with Crippen LogP contribution >= 0.6 is 0 Å². The monoisotopic (exact) mass is 317 g/mol. The first-order valence-corrected chi connectivity index (χ1v) is 7.55. The molecule has 1 atom stereocenters. The van der Waals surface area contributed by atoms with Crippen molar-refractivity contribution in [3.8, 4) is 0 Å². The van der Waals surface area contributed by atoms with Crippen molar-refractivity contribution in [1.82, 2.24) is 10.1 Å². The van der Waals surface area contributed by atoms with E-state index in [1.165, 1.54) is 6.07 Å². The van der Waals surface area contributed by atoms with Gasteiger partial charge in [-0.05, 0) is 24.1 Å². The van der Waals surface area contributed by atoms with E-state index in [-0.39, 0.29) is 16.5 Å². The SMILES string of the molecule is CN(C)c1noc(C2CCCN(c3ccccc3[N+](=O)[O-])C2)n1. The fraction of sp³-hybridized carbons (Fsp3) is 0.467. The second kappa shape index (κ2) is 6.23. The molecule has 1 aliphatic heterocycles. The molecular formula is C15H19N5O3. The van der Waals surface area contributed by atoms with Gasteiger partial charge in [0.05, 0.1) is 10.8 Å². The van der Waals surface area contributed by atoms with Gasteiger partial charge in [-0.2, -0.15) is 4.98 Å². The van der Waals surface area contributed by atoms with Gasteiger partial charge < -0.3 is 14.3 Å². The van der Waals surface area contributed by atoms with Crippen LogP contribution in [0.3, 0.4) is 0 Å². The first kappa shape index (κ1) is 15.3. The first-order chi connectivity index (χ1) is 11.1. The lowest BCUT2D eigenvalue weighted by atomic mass is 9.97. The van der Waals surface area contributed by atoms with Crippen LogP contribution < -0.4 is 9.80 Å². The highest BCUT2D eigenvalue weighted by Crippen LogP contribution is 2.34. The van der Waals surface area contributed by atoms with Gasteiger partial charge in [0.2, 0.25) is 5.89 Å². The average Bonchev–Trinajstić information content (AvgIpc) is 3.05. The maximum Gasteiger partial charge on any atom is 0.292 e. The molecule has 0 amide bonds. The topological polar surface area (TPSA) is 88.5 Å². The molecule has 1 aliphatic rings. The standard InChI is InChI=1S/C15H19N5O3/c1-18(2)15-16-14(23-17-15)11-6-5-9-19(10-11)12-7-3-4-8-13(12)20(21)22/h3-4,7-8,11H,5-6,9-10H2,1-2H3. The van der Waals surface area contributed by atoms with Gasteiger partial charge in [0, 0.05) is 33.3 Å². The van der Waals surface area contributed by atoms with Gasteiger partial charge >= 0.3 is 0 Å². The van der Waals surface area contributed by atoms with Gasteiger partial charge in [0.1, 0.15) is 5.69 Å². The van der Waals surface area contributed by atoms with Gasteiger partial charge in [-0.15, -0.1) is 0 Å². The van der Waals surface area contributed by atoms with E-state index in [1.54, 1.807) is 17.0 Å². The summed E-state index contributed by atoms with van der Waals surface area (Å²) in [5, 5.41) is 15.2. The summed E-state index contributed by atoms with van der Waals surface area (Å²) in [4.78, 5) is 19.1. The molecule has 0 N–H and O–H groups in total. The van der Waals surface area contributed by atoms with E-state index < -0.39 is 0 Å². The smallest absolute Gasteiger partial charge is 0.292 e. The van der Waals surface area contributed by atoms with E-state index in [4.69, 9.17) is 4.52 Å². The third-order valence-corrected chi connectivity index (χ3v) is 4.02. The summed E-state index contributed by atoms with van der Waals surface area (Å²) in [5.74, 6) is 1.23. The number of piperidine rings is 1. The molecule has 0 aliphatic carbocycles. The highest BCUT2D eigenvalue weighted by molar-refractivity contribution is 5.63. The number of hydrogen-bond donors (Lipinski definition) is 0. The fourth-order valence-corrected chi connectivity index (χ4v) is 2.86.